The Bertz CT molecular complexity index is 554. The predicted molar refractivity (Wildman–Crippen MR) is 80.2 cm³/mol. The van der Waals surface area contributed by atoms with Gasteiger partial charge >= 0.3 is 0 Å². The molecule has 0 radical (unpaired) electrons. The number of hydrogen-bond acceptors (Lipinski definition) is 2. The van der Waals surface area contributed by atoms with Crippen LogP contribution in [0, 0.1) is 5.82 Å². The highest BCUT2D eigenvalue weighted by Crippen LogP contribution is 2.30. The van der Waals surface area contributed by atoms with Gasteiger partial charge in [-0.25, -0.2) is 4.39 Å². The Hall–Kier alpha value is -1.87. The van der Waals surface area contributed by atoms with Gasteiger partial charge in [-0.2, -0.15) is 0 Å². The molecular formula is C17H20FNO. The Morgan fingerprint density at radius 2 is 1.80 bits per heavy atom. The average Bonchev–Trinajstić information content (AvgIpc) is 2.46. The van der Waals surface area contributed by atoms with Crippen LogP contribution in [-0.4, -0.2) is 11.7 Å². The van der Waals surface area contributed by atoms with Crippen molar-refractivity contribution < 1.29 is 9.50 Å². The zero-order valence-corrected chi connectivity index (χ0v) is 11.9. The lowest BCUT2D eigenvalue weighted by molar-refractivity contribution is 0.199. The lowest BCUT2D eigenvalue weighted by atomic mass is 10.1. The average molecular weight is 273 g/mol. The maximum absolute atomic E-state index is 14.2. The molecule has 0 aliphatic carbocycles. The van der Waals surface area contributed by atoms with Crippen molar-refractivity contribution in [1.82, 2.24) is 0 Å². The van der Waals surface area contributed by atoms with E-state index in [1.54, 1.807) is 19.1 Å². The number of para-hydroxylation sites is 1. The van der Waals surface area contributed by atoms with Crippen molar-refractivity contribution in [1.29, 1.82) is 0 Å². The topological polar surface area (TPSA) is 23.5 Å². The van der Waals surface area contributed by atoms with E-state index in [-0.39, 0.29) is 5.82 Å². The predicted octanol–water partition coefficient (Wildman–Crippen LogP) is 3.91. The number of aliphatic hydroxyl groups excluding tert-OH is 1. The first-order valence-corrected chi connectivity index (χ1v) is 6.88. The fourth-order valence-electron chi connectivity index (χ4n) is 2.36. The normalized spacial score (nSPS) is 12.2. The molecule has 3 heteroatoms. The maximum Gasteiger partial charge on any atom is 0.146 e. The lowest BCUT2D eigenvalue weighted by Crippen LogP contribution is -2.25. The molecular weight excluding hydrogens is 253 g/mol. The summed E-state index contributed by atoms with van der Waals surface area (Å²) in [4.78, 5) is 1.95. The molecule has 2 rings (SSSR count). The smallest absolute Gasteiger partial charge is 0.146 e. The van der Waals surface area contributed by atoms with Gasteiger partial charge < -0.3 is 10.0 Å². The van der Waals surface area contributed by atoms with E-state index in [4.69, 9.17) is 0 Å². The van der Waals surface area contributed by atoms with Crippen LogP contribution in [0.15, 0.2) is 48.5 Å². The minimum Gasteiger partial charge on any atom is -0.389 e. The number of anilines is 1. The summed E-state index contributed by atoms with van der Waals surface area (Å²) in [5.41, 5.74) is 2.24. The summed E-state index contributed by atoms with van der Waals surface area (Å²) in [5, 5.41) is 9.85. The van der Waals surface area contributed by atoms with Crippen LogP contribution < -0.4 is 4.90 Å². The number of nitrogens with zero attached hydrogens (tertiary/aromatic N) is 1. The standard InChI is InChI=1S/C17H20FNO/c1-3-19(12-14-8-5-4-6-9-14)17-15(13(2)20)10-7-11-16(17)18/h4-11,13,20H,3,12H2,1-2H3/t13-/m0/s1. The second kappa shape index (κ2) is 6.53. The molecule has 0 aliphatic rings. The van der Waals surface area contributed by atoms with Gasteiger partial charge in [0.1, 0.15) is 5.82 Å². The van der Waals surface area contributed by atoms with Gasteiger partial charge in [0, 0.05) is 18.7 Å². The molecule has 1 atom stereocenters. The van der Waals surface area contributed by atoms with Crippen molar-refractivity contribution >= 4 is 5.69 Å². The Kier molecular flexibility index (Phi) is 4.74. The molecule has 1 N–H and O–H groups in total. The highest BCUT2D eigenvalue weighted by atomic mass is 19.1. The van der Waals surface area contributed by atoms with Crippen LogP contribution >= 0.6 is 0 Å². The van der Waals surface area contributed by atoms with E-state index in [0.29, 0.717) is 24.3 Å². The first kappa shape index (κ1) is 14.5. The highest BCUT2D eigenvalue weighted by molar-refractivity contribution is 5.56. The highest BCUT2D eigenvalue weighted by Gasteiger charge is 2.17. The van der Waals surface area contributed by atoms with Crippen molar-refractivity contribution in [2.45, 2.75) is 26.5 Å². The number of hydrogen-bond donors (Lipinski definition) is 1. The quantitative estimate of drug-likeness (QED) is 0.893. The van der Waals surface area contributed by atoms with Gasteiger partial charge in [0.15, 0.2) is 0 Å². The van der Waals surface area contributed by atoms with Gasteiger partial charge in [-0.15, -0.1) is 0 Å². The molecule has 0 heterocycles. The second-order valence-corrected chi connectivity index (χ2v) is 4.85. The molecule has 2 aromatic rings. The Balaban J connectivity index is 2.37. The molecule has 20 heavy (non-hydrogen) atoms. The van der Waals surface area contributed by atoms with Crippen molar-refractivity contribution in [3.05, 3.63) is 65.5 Å². The van der Waals surface area contributed by atoms with E-state index in [1.807, 2.05) is 42.2 Å². The number of halogens is 1. The summed E-state index contributed by atoms with van der Waals surface area (Å²) in [5.74, 6) is -0.291. The third kappa shape index (κ3) is 3.17. The summed E-state index contributed by atoms with van der Waals surface area (Å²) < 4.78 is 14.2. The molecule has 2 aromatic carbocycles. The van der Waals surface area contributed by atoms with E-state index in [2.05, 4.69) is 0 Å². The van der Waals surface area contributed by atoms with Crippen molar-refractivity contribution in [3.8, 4) is 0 Å². The summed E-state index contributed by atoms with van der Waals surface area (Å²) in [7, 11) is 0. The van der Waals surface area contributed by atoms with Crippen molar-refractivity contribution in [2.24, 2.45) is 0 Å². The van der Waals surface area contributed by atoms with Crippen LogP contribution in [0.4, 0.5) is 10.1 Å². The zero-order chi connectivity index (χ0) is 14.5. The largest absolute Gasteiger partial charge is 0.389 e. The fraction of sp³-hybridized carbons (Fsp3) is 0.294. The molecule has 0 saturated carbocycles. The lowest BCUT2D eigenvalue weighted by Gasteiger charge is -2.27. The van der Waals surface area contributed by atoms with Gasteiger partial charge in [0.25, 0.3) is 0 Å². The van der Waals surface area contributed by atoms with Crippen molar-refractivity contribution in [3.63, 3.8) is 0 Å². The van der Waals surface area contributed by atoms with Gasteiger partial charge in [-0.3, -0.25) is 0 Å². The van der Waals surface area contributed by atoms with E-state index in [0.717, 1.165) is 5.56 Å². The Labute approximate surface area is 119 Å². The van der Waals surface area contributed by atoms with Gasteiger partial charge in [0.2, 0.25) is 0 Å². The minimum atomic E-state index is -0.689. The summed E-state index contributed by atoms with van der Waals surface area (Å²) in [6.07, 6.45) is -0.689. The molecule has 106 valence electrons. The number of aliphatic hydroxyl groups is 1. The van der Waals surface area contributed by atoms with E-state index >= 15 is 0 Å². The number of benzene rings is 2. The molecule has 0 aromatic heterocycles. The monoisotopic (exact) mass is 273 g/mol. The van der Waals surface area contributed by atoms with Crippen molar-refractivity contribution in [2.75, 3.05) is 11.4 Å². The van der Waals surface area contributed by atoms with E-state index in [9.17, 15) is 9.50 Å². The third-order valence-electron chi connectivity index (χ3n) is 3.38. The number of rotatable bonds is 5. The summed E-state index contributed by atoms with van der Waals surface area (Å²) >= 11 is 0. The summed E-state index contributed by atoms with van der Waals surface area (Å²) in [6, 6.07) is 14.8. The molecule has 0 spiro atoms. The van der Waals surface area contributed by atoms with Crippen LogP contribution in [-0.2, 0) is 6.54 Å². The molecule has 0 unspecified atom stereocenters. The molecule has 0 saturated heterocycles. The molecule has 0 amide bonds. The van der Waals surface area contributed by atoms with Crippen LogP contribution in [0.1, 0.15) is 31.1 Å². The maximum atomic E-state index is 14.2. The van der Waals surface area contributed by atoms with E-state index in [1.165, 1.54) is 6.07 Å². The molecule has 2 nitrogen and oxygen atoms in total. The van der Waals surface area contributed by atoms with Crippen LogP contribution in [0.3, 0.4) is 0 Å². The van der Waals surface area contributed by atoms with Crippen LogP contribution in [0.5, 0.6) is 0 Å². The third-order valence-corrected chi connectivity index (χ3v) is 3.38. The van der Waals surface area contributed by atoms with Crippen LogP contribution in [0.25, 0.3) is 0 Å². The molecule has 0 aliphatic heterocycles. The molecule has 0 bridgehead atoms. The first-order valence-electron chi connectivity index (χ1n) is 6.88. The molecule has 0 fully saturated rings. The van der Waals surface area contributed by atoms with E-state index < -0.39 is 6.10 Å². The fourth-order valence-corrected chi connectivity index (χ4v) is 2.36. The van der Waals surface area contributed by atoms with Gasteiger partial charge in [-0.1, -0.05) is 42.5 Å². The zero-order valence-electron chi connectivity index (χ0n) is 11.9. The van der Waals surface area contributed by atoms with Crippen LogP contribution in [0.2, 0.25) is 0 Å². The Morgan fingerprint density at radius 1 is 1.10 bits per heavy atom. The van der Waals surface area contributed by atoms with Gasteiger partial charge in [-0.05, 0) is 25.5 Å². The minimum absolute atomic E-state index is 0.291. The second-order valence-electron chi connectivity index (χ2n) is 4.85. The SMILES string of the molecule is CCN(Cc1ccccc1)c1c(F)cccc1[C@H](C)O. The first-order chi connectivity index (χ1) is 9.63. The summed E-state index contributed by atoms with van der Waals surface area (Å²) in [6.45, 7) is 4.95. The Morgan fingerprint density at radius 3 is 2.40 bits per heavy atom. The van der Waals surface area contributed by atoms with Gasteiger partial charge in [0.05, 0.1) is 11.8 Å².